The summed E-state index contributed by atoms with van der Waals surface area (Å²) in [6, 6.07) is 37.1. The first-order valence-corrected chi connectivity index (χ1v) is 26.9. The molecule has 0 bridgehead atoms. The summed E-state index contributed by atoms with van der Waals surface area (Å²) in [7, 11) is 0. The van der Waals surface area contributed by atoms with Crippen molar-refractivity contribution in [1.82, 2.24) is 0 Å². The zero-order chi connectivity index (χ0) is 35.0. The van der Waals surface area contributed by atoms with E-state index < -0.39 is 30.1 Å². The molecule has 1 fully saturated rings. The Bertz CT molecular complexity index is 2250. The zero-order valence-electron chi connectivity index (χ0n) is 29.2. The standard InChI is InChI=1S/2C21H17O.C3H4Cl2Si.Zr/c2*1-14-11-17-12-18(20-9-6-10-22-20)13-19(17)21(15(14)2)16-7-4-3-5-8-16;4-3(5)1-6-2-3;/h2*3-13H,1-2H3;1-2H2;. The molecule has 252 valence electrons. The molecule has 51 heavy (non-hydrogen) atoms. The molecule has 2 atom stereocenters. The number of alkyl halides is 2. The fourth-order valence-electron chi connectivity index (χ4n) is 8.81. The van der Waals surface area contributed by atoms with Crippen LogP contribution >= 0.6 is 23.2 Å². The second-order valence-corrected chi connectivity index (χ2v) is 31.7. The number of fused-ring (bicyclic) bond motifs is 2. The molecule has 4 aromatic carbocycles. The molecule has 0 N–H and O–H groups in total. The van der Waals surface area contributed by atoms with Crippen LogP contribution in [0.1, 0.15) is 63.3 Å². The third-order valence-corrected chi connectivity index (χ3v) is 33.9. The van der Waals surface area contributed by atoms with Crippen LogP contribution in [0.2, 0.25) is 12.1 Å². The SMILES string of the molecule is Cc1cc2c(c(-c3ccccc3)c1C)C=C(c1ccco1)[CH]2[Zr]([CH]1C(c2ccco2)=Cc2c1cc(C)c(C)c2-c1ccccc1)=[Si]1CC(Cl)(Cl)C1. The van der Waals surface area contributed by atoms with Crippen molar-refractivity contribution < 1.29 is 29.2 Å². The quantitative estimate of drug-likeness (QED) is 0.124. The molecule has 3 heterocycles. The Balaban J connectivity index is 1.36. The van der Waals surface area contributed by atoms with Gasteiger partial charge in [-0.25, -0.2) is 0 Å². The van der Waals surface area contributed by atoms with E-state index in [0.717, 1.165) is 23.6 Å². The summed E-state index contributed by atoms with van der Waals surface area (Å²) in [6.07, 6.45) is 8.61. The number of benzene rings is 4. The van der Waals surface area contributed by atoms with Crippen molar-refractivity contribution in [2.75, 3.05) is 0 Å². The van der Waals surface area contributed by atoms with Gasteiger partial charge in [0.25, 0.3) is 0 Å². The Kier molecular flexibility index (Phi) is 8.47. The molecular formula is C45H38Cl2O2SiZr. The molecule has 6 heteroatoms. The molecule has 2 nitrogen and oxygen atoms in total. The van der Waals surface area contributed by atoms with Gasteiger partial charge in [-0.3, -0.25) is 0 Å². The molecule has 2 aliphatic carbocycles. The summed E-state index contributed by atoms with van der Waals surface area (Å²) in [5.74, 6) is 1.95. The predicted molar refractivity (Wildman–Crippen MR) is 211 cm³/mol. The summed E-state index contributed by atoms with van der Waals surface area (Å²) < 4.78 is 12.6. The van der Waals surface area contributed by atoms with Crippen molar-refractivity contribution in [3.63, 3.8) is 0 Å². The van der Waals surface area contributed by atoms with Crippen LogP contribution < -0.4 is 0 Å². The third-order valence-electron chi connectivity index (χ3n) is 11.4. The van der Waals surface area contributed by atoms with Crippen molar-refractivity contribution in [2.24, 2.45) is 0 Å². The van der Waals surface area contributed by atoms with Crippen LogP contribution in [0.5, 0.6) is 0 Å². The number of allylic oxidation sites excluding steroid dienone is 2. The van der Waals surface area contributed by atoms with E-state index in [2.05, 4.69) is 125 Å². The minimum absolute atomic E-state index is 0.268. The van der Waals surface area contributed by atoms with Crippen LogP contribution in [0, 0.1) is 27.7 Å². The number of hydrogen-bond acceptors (Lipinski definition) is 2. The van der Waals surface area contributed by atoms with E-state index in [4.69, 9.17) is 32.0 Å². The number of aryl methyl sites for hydroxylation is 2. The topological polar surface area (TPSA) is 26.3 Å². The van der Waals surface area contributed by atoms with Gasteiger partial charge in [-0.05, 0) is 0 Å². The third kappa shape index (κ3) is 5.60. The van der Waals surface area contributed by atoms with Crippen LogP contribution in [0.15, 0.2) is 118 Å². The van der Waals surface area contributed by atoms with Gasteiger partial charge in [0.15, 0.2) is 0 Å². The molecule has 0 radical (unpaired) electrons. The first-order chi connectivity index (χ1) is 24.7. The van der Waals surface area contributed by atoms with E-state index in [0.29, 0.717) is 0 Å². The molecule has 1 saturated heterocycles. The second-order valence-electron chi connectivity index (χ2n) is 14.4. The van der Waals surface area contributed by atoms with E-state index in [1.807, 2.05) is 24.7 Å². The van der Waals surface area contributed by atoms with Gasteiger partial charge >= 0.3 is 320 Å². The van der Waals surface area contributed by atoms with Gasteiger partial charge in [0, 0.05) is 0 Å². The van der Waals surface area contributed by atoms with Crippen LogP contribution in [-0.4, -0.2) is 9.77 Å². The minimum atomic E-state index is -2.83. The molecular weight excluding hydrogens is 763 g/mol. The predicted octanol–water partition coefficient (Wildman–Crippen LogP) is 13.1. The van der Waals surface area contributed by atoms with Gasteiger partial charge in [-0.15, -0.1) is 0 Å². The second kappa shape index (κ2) is 12.9. The van der Waals surface area contributed by atoms with Crippen molar-refractivity contribution >= 4 is 51.9 Å². The van der Waals surface area contributed by atoms with Crippen molar-refractivity contribution in [3.05, 3.63) is 166 Å². The van der Waals surface area contributed by atoms with Crippen LogP contribution in [0.25, 0.3) is 45.6 Å². The molecule has 0 saturated carbocycles. The number of hydrogen-bond donors (Lipinski definition) is 0. The molecule has 0 spiro atoms. The Labute approximate surface area is 318 Å². The molecule has 1 aliphatic heterocycles. The van der Waals surface area contributed by atoms with E-state index in [-0.39, 0.29) is 7.25 Å². The molecule has 6 aromatic rings. The maximum atomic E-state index is 6.99. The first kappa shape index (κ1) is 33.4. The molecule has 2 aromatic heterocycles. The Hall–Kier alpha value is -3.40. The first-order valence-electron chi connectivity index (χ1n) is 17.7. The van der Waals surface area contributed by atoms with Gasteiger partial charge in [0.2, 0.25) is 0 Å². The molecule has 9 rings (SSSR count). The Morgan fingerprint density at radius 1 is 0.608 bits per heavy atom. The summed E-state index contributed by atoms with van der Waals surface area (Å²) >= 11 is 11.1. The maximum absolute atomic E-state index is 6.99. The van der Waals surface area contributed by atoms with E-state index in [1.165, 1.54) is 77.9 Å². The van der Waals surface area contributed by atoms with Crippen LogP contribution in [-0.2, 0) is 20.4 Å². The summed E-state index contributed by atoms with van der Waals surface area (Å²) in [5, 5.41) is 0. The van der Waals surface area contributed by atoms with Crippen molar-refractivity contribution in [2.45, 2.75) is 51.4 Å². The van der Waals surface area contributed by atoms with E-state index >= 15 is 0 Å². The van der Waals surface area contributed by atoms with Crippen molar-refractivity contribution in [1.29, 1.82) is 0 Å². The molecule has 0 amide bonds. The Morgan fingerprint density at radius 2 is 1.04 bits per heavy atom. The molecule has 3 aliphatic rings. The molecule has 2 unspecified atom stereocenters. The van der Waals surface area contributed by atoms with Gasteiger partial charge < -0.3 is 0 Å². The summed E-state index contributed by atoms with van der Waals surface area (Å²) in [4.78, 5) is 0. The van der Waals surface area contributed by atoms with Gasteiger partial charge in [-0.2, -0.15) is 0 Å². The fraction of sp³-hybridized carbons (Fsp3) is 0.200. The number of rotatable bonds is 6. The zero-order valence-corrected chi connectivity index (χ0v) is 34.2. The van der Waals surface area contributed by atoms with Crippen molar-refractivity contribution in [3.8, 4) is 22.3 Å². The van der Waals surface area contributed by atoms with E-state index in [9.17, 15) is 0 Å². The van der Waals surface area contributed by atoms with Gasteiger partial charge in [0.05, 0.1) is 0 Å². The number of furan rings is 2. The number of halogens is 2. The van der Waals surface area contributed by atoms with Gasteiger partial charge in [-0.1, -0.05) is 0 Å². The normalized spacial score (nSPS) is 18.6. The average Bonchev–Trinajstić information content (AvgIpc) is 3.94. The summed E-state index contributed by atoms with van der Waals surface area (Å²) in [5.41, 5.74) is 17.8. The summed E-state index contributed by atoms with van der Waals surface area (Å²) in [6.45, 7) is 9.12. The van der Waals surface area contributed by atoms with Gasteiger partial charge in [0.1, 0.15) is 0 Å². The average molecular weight is 801 g/mol. The van der Waals surface area contributed by atoms with Crippen LogP contribution in [0.3, 0.4) is 0 Å². The fourth-order valence-corrected chi connectivity index (χ4v) is 40.0. The van der Waals surface area contributed by atoms with E-state index in [1.54, 1.807) is 0 Å². The monoisotopic (exact) mass is 798 g/mol. The van der Waals surface area contributed by atoms with Crippen LogP contribution in [0.4, 0.5) is 0 Å². The Morgan fingerprint density at radius 3 is 1.41 bits per heavy atom.